The van der Waals surface area contributed by atoms with Gasteiger partial charge in [0.2, 0.25) is 0 Å². The second-order valence-electron chi connectivity index (χ2n) is 11.3. The maximum atomic E-state index is 14.2. The number of alkyl halides is 3. The van der Waals surface area contributed by atoms with Gasteiger partial charge < -0.3 is 25.0 Å². The molecule has 36 heavy (non-hydrogen) atoms. The van der Waals surface area contributed by atoms with Gasteiger partial charge in [0.15, 0.2) is 5.60 Å². The van der Waals surface area contributed by atoms with Crippen molar-refractivity contribution in [2.75, 3.05) is 11.9 Å². The fourth-order valence-electron chi connectivity index (χ4n) is 5.20. The maximum Gasteiger partial charge on any atom is 0.417 e. The van der Waals surface area contributed by atoms with Crippen LogP contribution in [0.2, 0.25) is 0 Å². The largest absolute Gasteiger partial charge is 0.476 e. The number of amides is 3. The number of fused-ring (bicyclic) bond motifs is 1. The van der Waals surface area contributed by atoms with E-state index >= 15 is 0 Å². The Balaban J connectivity index is 2.16. The Labute approximate surface area is 208 Å². The molecule has 0 bridgehead atoms. The van der Waals surface area contributed by atoms with Crippen LogP contribution in [0.3, 0.4) is 0 Å². The van der Waals surface area contributed by atoms with Crippen LogP contribution in [0.15, 0.2) is 12.1 Å². The van der Waals surface area contributed by atoms with Crippen LogP contribution in [0.25, 0.3) is 0 Å². The number of carbonyl (C=O) groups is 3. The van der Waals surface area contributed by atoms with Gasteiger partial charge in [-0.25, -0.2) is 4.79 Å². The Kier molecular flexibility index (Phi) is 7.02. The van der Waals surface area contributed by atoms with E-state index in [2.05, 4.69) is 5.32 Å². The van der Waals surface area contributed by atoms with Crippen molar-refractivity contribution in [2.45, 2.75) is 91.2 Å². The van der Waals surface area contributed by atoms with Crippen molar-refractivity contribution >= 4 is 23.6 Å². The van der Waals surface area contributed by atoms with Gasteiger partial charge in [0, 0.05) is 12.6 Å². The van der Waals surface area contributed by atoms with E-state index in [-0.39, 0.29) is 18.0 Å². The molecule has 0 saturated carbocycles. The number of hydrogen-bond acceptors (Lipinski definition) is 4. The molecule has 2 N–H and O–H groups in total. The molecule has 0 aliphatic carbocycles. The molecule has 1 aromatic rings. The van der Waals surface area contributed by atoms with Gasteiger partial charge in [0.05, 0.1) is 28.9 Å². The van der Waals surface area contributed by atoms with E-state index < -0.39 is 64.4 Å². The average molecular weight is 514 g/mol. The fourth-order valence-corrected chi connectivity index (χ4v) is 5.20. The molecule has 1 fully saturated rings. The average Bonchev–Trinajstić information content (AvgIpc) is 2.71. The van der Waals surface area contributed by atoms with Crippen molar-refractivity contribution in [3.8, 4) is 5.75 Å². The van der Waals surface area contributed by atoms with Crippen LogP contribution < -0.4 is 10.1 Å². The van der Waals surface area contributed by atoms with Crippen LogP contribution in [-0.4, -0.2) is 63.1 Å². The summed E-state index contributed by atoms with van der Waals surface area (Å²) in [5.41, 5.74) is -3.80. The van der Waals surface area contributed by atoms with Crippen LogP contribution in [0.4, 0.5) is 23.7 Å². The van der Waals surface area contributed by atoms with Gasteiger partial charge in [-0.2, -0.15) is 13.2 Å². The molecule has 1 unspecified atom stereocenters. The Hall–Kier alpha value is -2.98. The van der Waals surface area contributed by atoms with Crippen LogP contribution in [0, 0.1) is 5.41 Å². The molecule has 0 aromatic heterocycles. The molecule has 2 aliphatic heterocycles. The summed E-state index contributed by atoms with van der Waals surface area (Å²) in [6.07, 6.45) is -5.10. The van der Waals surface area contributed by atoms with Crippen LogP contribution >= 0.6 is 0 Å². The molecule has 200 valence electrons. The van der Waals surface area contributed by atoms with Gasteiger partial charge in [-0.1, -0.05) is 20.8 Å². The molecule has 1 saturated heterocycles. The fraction of sp³-hybridized carbons (Fsp3) is 0.640. The summed E-state index contributed by atoms with van der Waals surface area (Å²) in [6.45, 7) is 12.1. The highest BCUT2D eigenvalue weighted by Crippen LogP contribution is 2.43. The van der Waals surface area contributed by atoms with Gasteiger partial charge in [-0.05, 0) is 58.1 Å². The first-order valence-electron chi connectivity index (χ1n) is 11.9. The molecule has 2 atom stereocenters. The Morgan fingerprint density at radius 3 is 2.33 bits per heavy atom. The third-order valence-corrected chi connectivity index (χ3v) is 6.70. The number of halogens is 3. The quantitative estimate of drug-likeness (QED) is 0.577. The lowest BCUT2D eigenvalue weighted by Gasteiger charge is -2.51. The van der Waals surface area contributed by atoms with Crippen molar-refractivity contribution in [1.29, 1.82) is 0 Å². The van der Waals surface area contributed by atoms with Gasteiger partial charge in [0.1, 0.15) is 5.75 Å². The van der Waals surface area contributed by atoms with Crippen molar-refractivity contribution in [2.24, 2.45) is 5.41 Å². The maximum absolute atomic E-state index is 14.2. The Morgan fingerprint density at radius 2 is 1.83 bits per heavy atom. The lowest BCUT2D eigenvalue weighted by atomic mass is 9.76. The smallest absolute Gasteiger partial charge is 0.417 e. The zero-order chi connectivity index (χ0) is 27.4. The van der Waals surface area contributed by atoms with E-state index in [9.17, 15) is 32.7 Å². The molecule has 0 spiro atoms. The molecular formula is C25H34F3N3O5. The van der Waals surface area contributed by atoms with Crippen LogP contribution in [-0.2, 0) is 11.0 Å². The first kappa shape index (κ1) is 27.6. The van der Waals surface area contributed by atoms with Crippen molar-refractivity contribution in [3.63, 3.8) is 0 Å². The second-order valence-corrected chi connectivity index (χ2v) is 11.3. The third-order valence-electron chi connectivity index (χ3n) is 6.70. The predicted octanol–water partition coefficient (Wildman–Crippen LogP) is 5.22. The lowest BCUT2D eigenvalue weighted by Crippen LogP contribution is -2.63. The number of nitrogens with one attached hydrogen (secondary N) is 1. The molecular weight excluding hydrogens is 479 g/mol. The van der Waals surface area contributed by atoms with E-state index in [1.807, 2.05) is 20.8 Å². The van der Waals surface area contributed by atoms with Crippen molar-refractivity contribution in [3.05, 3.63) is 23.3 Å². The highest BCUT2D eigenvalue weighted by Gasteiger charge is 2.48. The van der Waals surface area contributed by atoms with Crippen LogP contribution in [0.1, 0.15) is 77.2 Å². The van der Waals surface area contributed by atoms with E-state index in [0.717, 1.165) is 12.1 Å². The SMILES string of the molecule is CC(C)N(C(=O)c1cc2c(cc1C(F)(F)F)OC(C)(C)C(=O)N2)[C@@H]1CCCN(C(=O)O)C1C(C)(C)C. The number of likely N-dealkylation sites (tertiary alicyclic amines) is 1. The van der Waals surface area contributed by atoms with E-state index in [1.165, 1.54) is 23.6 Å². The predicted molar refractivity (Wildman–Crippen MR) is 127 cm³/mol. The number of anilines is 1. The zero-order valence-corrected chi connectivity index (χ0v) is 21.6. The second kappa shape index (κ2) is 9.15. The number of nitrogens with zero attached hydrogens (tertiary/aromatic N) is 2. The minimum Gasteiger partial charge on any atom is -0.476 e. The molecule has 1 aromatic carbocycles. The third kappa shape index (κ3) is 5.10. The highest BCUT2D eigenvalue weighted by molar-refractivity contribution is 6.03. The molecule has 2 heterocycles. The minimum atomic E-state index is -4.87. The van der Waals surface area contributed by atoms with Crippen molar-refractivity contribution < 1.29 is 37.4 Å². The summed E-state index contributed by atoms with van der Waals surface area (Å²) in [5, 5.41) is 12.4. The topological polar surface area (TPSA) is 99.2 Å². The first-order chi connectivity index (χ1) is 16.4. The molecule has 8 nitrogen and oxygen atoms in total. The van der Waals surface area contributed by atoms with Crippen molar-refractivity contribution in [1.82, 2.24) is 9.80 Å². The molecule has 0 radical (unpaired) electrons. The molecule has 3 amide bonds. The van der Waals surface area contributed by atoms with Gasteiger partial charge >= 0.3 is 12.3 Å². The lowest BCUT2D eigenvalue weighted by molar-refractivity contribution is -0.138. The molecule has 11 heteroatoms. The first-order valence-corrected chi connectivity index (χ1v) is 11.9. The molecule has 2 aliphatic rings. The number of rotatable bonds is 3. The summed E-state index contributed by atoms with van der Waals surface area (Å²) in [4.78, 5) is 41.0. The number of ether oxygens (including phenoxy) is 1. The number of piperidine rings is 1. The van der Waals surface area contributed by atoms with Crippen LogP contribution in [0.5, 0.6) is 5.75 Å². The minimum absolute atomic E-state index is 0.0254. The van der Waals surface area contributed by atoms with Gasteiger partial charge in [-0.15, -0.1) is 0 Å². The number of benzene rings is 1. The standard InChI is InChI=1S/C25H34F3N3O5/c1-13(2)31(17-9-8-10-30(22(34)35)19(17)23(3,4)5)20(32)14-11-16-18(12-15(14)25(26,27)28)36-24(6,7)21(33)29-16/h11-13,17,19H,8-10H2,1-7H3,(H,29,33)(H,34,35)/t17-,19?/m1/s1. The zero-order valence-electron chi connectivity index (χ0n) is 21.6. The van der Waals surface area contributed by atoms with E-state index in [4.69, 9.17) is 4.74 Å². The summed E-state index contributed by atoms with van der Waals surface area (Å²) in [7, 11) is 0. The van der Waals surface area contributed by atoms with E-state index in [0.29, 0.717) is 12.8 Å². The number of carbonyl (C=O) groups excluding carboxylic acids is 2. The Morgan fingerprint density at radius 1 is 1.22 bits per heavy atom. The Bertz CT molecular complexity index is 1060. The number of hydrogen-bond donors (Lipinski definition) is 2. The summed E-state index contributed by atoms with van der Waals surface area (Å²) < 4.78 is 48.1. The van der Waals surface area contributed by atoms with Gasteiger partial charge in [0.25, 0.3) is 11.8 Å². The highest BCUT2D eigenvalue weighted by atomic mass is 19.4. The normalized spacial score (nSPS) is 22.0. The van der Waals surface area contributed by atoms with Gasteiger partial charge in [-0.3, -0.25) is 9.59 Å². The molecule has 3 rings (SSSR count). The monoisotopic (exact) mass is 513 g/mol. The van der Waals surface area contributed by atoms with E-state index in [1.54, 1.807) is 13.8 Å². The summed E-state index contributed by atoms with van der Waals surface area (Å²) >= 11 is 0. The number of carboxylic acid groups (broad SMARTS) is 1. The summed E-state index contributed by atoms with van der Waals surface area (Å²) in [5.74, 6) is -1.61. The summed E-state index contributed by atoms with van der Waals surface area (Å²) in [6, 6.07) is -0.0565.